The largest absolute Gasteiger partial charge is 0.364 e. The van der Waals surface area contributed by atoms with Gasteiger partial charge in [-0.2, -0.15) is 0 Å². The molecule has 214 valence electrons. The summed E-state index contributed by atoms with van der Waals surface area (Å²) in [4.78, 5) is 39.2. The van der Waals surface area contributed by atoms with Crippen LogP contribution in [0.2, 0.25) is 0 Å². The number of pyridine rings is 2. The summed E-state index contributed by atoms with van der Waals surface area (Å²) in [5.41, 5.74) is 23.9. The molecule has 2 aliphatic rings. The molecule has 2 aliphatic heterocycles. The van der Waals surface area contributed by atoms with Crippen LogP contribution < -0.4 is 11.5 Å². The van der Waals surface area contributed by atoms with E-state index in [1.807, 2.05) is 24.3 Å². The molecule has 6 rings (SSSR count). The molecule has 2 aromatic heterocycles. The van der Waals surface area contributed by atoms with Gasteiger partial charge in [0.2, 0.25) is 0 Å². The number of fused-ring (bicyclic) bond motifs is 2. The highest BCUT2D eigenvalue weighted by atomic mass is 16.1. The van der Waals surface area contributed by atoms with Crippen molar-refractivity contribution in [3.8, 4) is 33.4 Å². The molecule has 8 nitrogen and oxygen atoms in total. The Balaban J connectivity index is 1.50. The molecule has 0 bridgehead atoms. The van der Waals surface area contributed by atoms with Crippen molar-refractivity contribution in [1.29, 1.82) is 0 Å². The van der Waals surface area contributed by atoms with Crippen LogP contribution in [0.3, 0.4) is 0 Å². The molecule has 0 saturated heterocycles. The second-order valence-electron chi connectivity index (χ2n) is 11.6. The molecule has 0 aliphatic carbocycles. The van der Waals surface area contributed by atoms with Crippen molar-refractivity contribution >= 4 is 11.8 Å². The number of hydrogen-bond acceptors (Lipinski definition) is 6. The predicted molar refractivity (Wildman–Crippen MR) is 165 cm³/mol. The van der Waals surface area contributed by atoms with Gasteiger partial charge in [0.05, 0.1) is 0 Å². The number of primary amides is 2. The zero-order valence-electron chi connectivity index (χ0n) is 24.6. The van der Waals surface area contributed by atoms with Crippen LogP contribution in [0.5, 0.6) is 0 Å². The quantitative estimate of drug-likeness (QED) is 0.376. The number of benzene rings is 2. The standard InChI is InChI=1S/C34H36N6O2/c1-19-23(7-5-9-25(19)27-15-21-17-39(3)13-11-29(21)37-31(27)33(35)41)24-8-6-10-26(20(24)2)28-16-22-18-40(4)14-12-30(22)38-32(28)34(36)42/h5-10,15-16H,11-14,17-18H2,1-4H3,(H2,35,41)(H2,36,42). The Labute approximate surface area is 246 Å². The summed E-state index contributed by atoms with van der Waals surface area (Å²) in [6.45, 7) is 7.49. The van der Waals surface area contributed by atoms with Gasteiger partial charge in [0, 0.05) is 61.5 Å². The van der Waals surface area contributed by atoms with Crippen LogP contribution in [0.25, 0.3) is 33.4 Å². The fraction of sp³-hybridized carbons (Fsp3) is 0.294. The molecule has 4 heterocycles. The highest BCUT2D eigenvalue weighted by Gasteiger charge is 2.25. The SMILES string of the molecule is Cc1c(-c2cc3c(nc2C(N)=O)CCN(C)C3)cccc1-c1cccc(-c2cc3c(nc2C(N)=O)CCN(C)C3)c1C. The van der Waals surface area contributed by atoms with Crippen molar-refractivity contribution in [2.75, 3.05) is 27.2 Å². The van der Waals surface area contributed by atoms with Crippen molar-refractivity contribution in [2.24, 2.45) is 11.5 Å². The Morgan fingerprint density at radius 1 is 0.643 bits per heavy atom. The maximum atomic E-state index is 12.6. The van der Waals surface area contributed by atoms with Gasteiger partial charge in [-0.1, -0.05) is 36.4 Å². The molecule has 0 saturated carbocycles. The maximum absolute atomic E-state index is 12.6. The molecule has 42 heavy (non-hydrogen) atoms. The fourth-order valence-electron chi connectivity index (χ4n) is 6.45. The zero-order valence-corrected chi connectivity index (χ0v) is 24.6. The zero-order chi connectivity index (χ0) is 29.7. The summed E-state index contributed by atoms with van der Waals surface area (Å²) in [6.07, 6.45) is 1.58. The number of aromatic nitrogens is 2. The first-order valence-electron chi connectivity index (χ1n) is 14.3. The van der Waals surface area contributed by atoms with Gasteiger partial charge in [-0.25, -0.2) is 9.97 Å². The van der Waals surface area contributed by atoms with E-state index >= 15 is 0 Å². The first kappa shape index (κ1) is 27.8. The number of amides is 2. The highest BCUT2D eigenvalue weighted by Crippen LogP contribution is 2.39. The fourth-order valence-corrected chi connectivity index (χ4v) is 6.45. The van der Waals surface area contributed by atoms with Gasteiger partial charge in [0.1, 0.15) is 11.4 Å². The summed E-state index contributed by atoms with van der Waals surface area (Å²) in [7, 11) is 4.18. The van der Waals surface area contributed by atoms with Crippen molar-refractivity contribution in [3.05, 3.63) is 93.6 Å². The van der Waals surface area contributed by atoms with E-state index < -0.39 is 11.8 Å². The van der Waals surface area contributed by atoms with E-state index in [-0.39, 0.29) is 0 Å². The van der Waals surface area contributed by atoms with Gasteiger partial charge < -0.3 is 21.3 Å². The lowest BCUT2D eigenvalue weighted by molar-refractivity contribution is 0.0987. The number of hydrogen-bond donors (Lipinski definition) is 2. The van der Waals surface area contributed by atoms with E-state index in [2.05, 4.69) is 62.0 Å². The van der Waals surface area contributed by atoms with Gasteiger partial charge in [-0.05, 0) is 84.6 Å². The molecule has 0 unspecified atom stereocenters. The van der Waals surface area contributed by atoms with Crippen molar-refractivity contribution in [2.45, 2.75) is 39.8 Å². The molecular weight excluding hydrogens is 524 g/mol. The van der Waals surface area contributed by atoms with E-state index in [1.54, 1.807) is 0 Å². The van der Waals surface area contributed by atoms with Crippen LogP contribution in [-0.2, 0) is 25.9 Å². The number of likely N-dealkylation sites (N-methyl/N-ethyl adjacent to an activating group) is 2. The molecule has 8 heteroatoms. The molecule has 0 radical (unpaired) electrons. The summed E-state index contributed by atoms with van der Waals surface area (Å²) < 4.78 is 0. The minimum Gasteiger partial charge on any atom is -0.364 e. The van der Waals surface area contributed by atoms with Gasteiger partial charge in [-0.3, -0.25) is 9.59 Å². The Hall–Kier alpha value is -4.40. The van der Waals surface area contributed by atoms with E-state index in [4.69, 9.17) is 21.4 Å². The van der Waals surface area contributed by atoms with Crippen LogP contribution in [0.4, 0.5) is 0 Å². The lowest BCUT2D eigenvalue weighted by atomic mass is 9.86. The molecule has 2 amide bonds. The first-order valence-corrected chi connectivity index (χ1v) is 14.3. The summed E-state index contributed by atoms with van der Waals surface area (Å²) in [5, 5.41) is 0. The molecule has 4 aromatic rings. The minimum absolute atomic E-state index is 0.306. The summed E-state index contributed by atoms with van der Waals surface area (Å²) >= 11 is 0. The Morgan fingerprint density at radius 3 is 1.36 bits per heavy atom. The predicted octanol–water partition coefficient (Wildman–Crippen LogP) is 4.27. The first-order chi connectivity index (χ1) is 20.1. The van der Waals surface area contributed by atoms with Gasteiger partial charge in [0.25, 0.3) is 11.8 Å². The number of nitrogens with zero attached hydrogens (tertiary/aromatic N) is 4. The number of nitrogens with two attached hydrogens (primary N) is 2. The van der Waals surface area contributed by atoms with Crippen LogP contribution in [-0.4, -0.2) is 58.8 Å². The lowest BCUT2D eigenvalue weighted by Crippen LogP contribution is -2.28. The van der Waals surface area contributed by atoms with E-state index in [9.17, 15) is 9.59 Å². The smallest absolute Gasteiger partial charge is 0.267 e. The lowest BCUT2D eigenvalue weighted by Gasteiger charge is -2.26. The molecule has 4 N–H and O–H groups in total. The third kappa shape index (κ3) is 4.86. The maximum Gasteiger partial charge on any atom is 0.267 e. The molecule has 0 atom stereocenters. The number of carbonyl (C=O) groups is 2. The number of carbonyl (C=O) groups excluding carboxylic acids is 2. The summed E-state index contributed by atoms with van der Waals surface area (Å²) in [5.74, 6) is -1.06. The third-order valence-electron chi connectivity index (χ3n) is 8.73. The Kier molecular flexibility index (Phi) is 7.12. The second-order valence-corrected chi connectivity index (χ2v) is 11.6. The average molecular weight is 561 g/mol. The Morgan fingerprint density at radius 2 is 1.00 bits per heavy atom. The molecule has 2 aromatic carbocycles. The van der Waals surface area contributed by atoms with Crippen LogP contribution in [0, 0.1) is 13.8 Å². The van der Waals surface area contributed by atoms with E-state index in [0.29, 0.717) is 11.4 Å². The van der Waals surface area contributed by atoms with Crippen molar-refractivity contribution in [3.63, 3.8) is 0 Å². The Bertz CT molecular complexity index is 1630. The highest BCUT2D eigenvalue weighted by molar-refractivity contribution is 6.00. The van der Waals surface area contributed by atoms with Crippen LogP contribution in [0.15, 0.2) is 48.5 Å². The van der Waals surface area contributed by atoms with Gasteiger partial charge in [-0.15, -0.1) is 0 Å². The second kappa shape index (κ2) is 10.8. The molecule has 0 spiro atoms. The number of rotatable bonds is 5. The van der Waals surface area contributed by atoms with Gasteiger partial charge >= 0.3 is 0 Å². The van der Waals surface area contributed by atoms with Crippen molar-refractivity contribution in [1.82, 2.24) is 19.8 Å². The molecule has 0 fully saturated rings. The van der Waals surface area contributed by atoms with Crippen molar-refractivity contribution < 1.29 is 9.59 Å². The topological polar surface area (TPSA) is 118 Å². The minimum atomic E-state index is -0.528. The normalized spacial score (nSPS) is 15.2. The van der Waals surface area contributed by atoms with Gasteiger partial charge in [0.15, 0.2) is 0 Å². The van der Waals surface area contributed by atoms with Crippen LogP contribution >= 0.6 is 0 Å². The molecular formula is C34H36N6O2. The third-order valence-corrected chi connectivity index (χ3v) is 8.73. The van der Waals surface area contributed by atoms with E-state index in [1.165, 1.54) is 0 Å². The average Bonchev–Trinajstić information content (AvgIpc) is 2.96. The van der Waals surface area contributed by atoms with Crippen LogP contribution in [0.1, 0.15) is 54.6 Å². The van der Waals surface area contributed by atoms with E-state index in [0.717, 1.165) is 106 Å². The summed E-state index contributed by atoms with van der Waals surface area (Å²) in [6, 6.07) is 16.4. The monoisotopic (exact) mass is 560 g/mol.